The minimum Gasteiger partial charge on any atom is -0.298 e. The number of carbonyl (C=O) groups excluding carboxylic acids is 3. The van der Waals surface area contributed by atoms with Crippen LogP contribution in [0.3, 0.4) is 0 Å². The average molecular weight is 490 g/mol. The summed E-state index contributed by atoms with van der Waals surface area (Å²) in [4.78, 5) is 37.5. The smallest absolute Gasteiger partial charge is 0.260 e. The van der Waals surface area contributed by atoms with Crippen LogP contribution in [0.1, 0.15) is 46.0 Å². The highest BCUT2D eigenvalue weighted by Gasteiger charge is 2.42. The van der Waals surface area contributed by atoms with Gasteiger partial charge < -0.3 is 0 Å². The van der Waals surface area contributed by atoms with Crippen LogP contribution in [-0.4, -0.2) is 29.0 Å². The summed E-state index contributed by atoms with van der Waals surface area (Å²) in [7, 11) is 0. The lowest BCUT2D eigenvalue weighted by atomic mass is 9.96. The maximum Gasteiger partial charge on any atom is 0.260 e. The molecule has 4 heteroatoms. The summed E-state index contributed by atoms with van der Waals surface area (Å²) in [5, 5.41) is 0. The fourth-order valence-corrected chi connectivity index (χ4v) is 4.68. The molecule has 0 N–H and O–H groups in total. The molecule has 1 fully saturated rings. The third-order valence-electron chi connectivity index (χ3n) is 6.71. The predicted molar refractivity (Wildman–Crippen MR) is 147 cm³/mol. The van der Waals surface area contributed by atoms with Crippen molar-refractivity contribution in [3.05, 3.63) is 132 Å². The lowest BCUT2D eigenvalue weighted by Crippen LogP contribution is -2.40. The van der Waals surface area contributed by atoms with E-state index in [2.05, 4.69) is 36.4 Å². The van der Waals surface area contributed by atoms with Gasteiger partial charge in [0.1, 0.15) is 6.29 Å². The molecule has 0 spiro atoms. The number of nitrogens with zero attached hydrogens (tertiary/aromatic N) is 1. The van der Waals surface area contributed by atoms with E-state index < -0.39 is 0 Å². The number of aldehydes is 1. The van der Waals surface area contributed by atoms with Gasteiger partial charge in [-0.15, -0.1) is 0 Å². The van der Waals surface area contributed by atoms with Gasteiger partial charge in [-0.3, -0.25) is 19.3 Å². The van der Waals surface area contributed by atoms with Gasteiger partial charge in [-0.1, -0.05) is 110 Å². The highest BCUT2D eigenvalue weighted by molar-refractivity contribution is 6.06. The first-order valence-corrected chi connectivity index (χ1v) is 12.7. The van der Waals surface area contributed by atoms with Gasteiger partial charge in [-0.25, -0.2) is 0 Å². The van der Waals surface area contributed by atoms with Crippen LogP contribution in [0.25, 0.3) is 11.1 Å². The van der Waals surface area contributed by atoms with E-state index in [1.807, 2.05) is 61.5 Å². The topological polar surface area (TPSA) is 54.5 Å². The van der Waals surface area contributed by atoms with Crippen LogP contribution in [0.4, 0.5) is 0 Å². The third kappa shape index (κ3) is 6.47. The maximum atomic E-state index is 13.1. The molecule has 4 nitrogen and oxygen atoms in total. The van der Waals surface area contributed by atoms with Crippen molar-refractivity contribution in [2.24, 2.45) is 5.92 Å². The fraction of sp³-hybridized carbons (Fsp3) is 0.182. The Hall–Kier alpha value is -4.31. The molecule has 2 atom stereocenters. The Kier molecular flexibility index (Phi) is 8.77. The summed E-state index contributed by atoms with van der Waals surface area (Å²) in [6.07, 6.45) is 3.02. The van der Waals surface area contributed by atoms with Crippen molar-refractivity contribution in [3.63, 3.8) is 0 Å². The quantitative estimate of drug-likeness (QED) is 0.220. The number of benzene rings is 4. The Morgan fingerprint density at radius 3 is 1.86 bits per heavy atom. The van der Waals surface area contributed by atoms with Crippen molar-refractivity contribution in [2.45, 2.75) is 32.2 Å². The second kappa shape index (κ2) is 12.6. The molecular formula is C33H31NO3. The van der Waals surface area contributed by atoms with Gasteiger partial charge in [0.05, 0.1) is 0 Å². The number of imide groups is 1. The van der Waals surface area contributed by atoms with Gasteiger partial charge in [0, 0.05) is 23.1 Å². The average Bonchev–Trinajstić information content (AvgIpc) is 3.29. The number of rotatable bonds is 6. The van der Waals surface area contributed by atoms with E-state index in [4.69, 9.17) is 0 Å². The largest absolute Gasteiger partial charge is 0.298 e. The van der Waals surface area contributed by atoms with Crippen molar-refractivity contribution >= 4 is 18.1 Å². The van der Waals surface area contributed by atoms with Crippen molar-refractivity contribution in [3.8, 4) is 11.1 Å². The zero-order valence-electron chi connectivity index (χ0n) is 21.0. The molecule has 1 heterocycles. The van der Waals surface area contributed by atoms with Crippen molar-refractivity contribution in [1.82, 2.24) is 4.90 Å². The van der Waals surface area contributed by atoms with Crippen LogP contribution < -0.4 is 0 Å². The molecule has 4 aromatic carbocycles. The van der Waals surface area contributed by atoms with Crippen molar-refractivity contribution in [1.29, 1.82) is 0 Å². The van der Waals surface area contributed by atoms with Gasteiger partial charge in [-0.2, -0.15) is 0 Å². The highest BCUT2D eigenvalue weighted by atomic mass is 16.2. The molecule has 0 bridgehead atoms. The molecule has 1 aliphatic heterocycles. The zero-order valence-corrected chi connectivity index (χ0v) is 21.0. The van der Waals surface area contributed by atoms with Gasteiger partial charge in [0.2, 0.25) is 5.91 Å². The molecule has 0 radical (unpaired) electrons. The van der Waals surface area contributed by atoms with Gasteiger partial charge in [0.15, 0.2) is 0 Å². The van der Waals surface area contributed by atoms with Crippen LogP contribution in [0.2, 0.25) is 0 Å². The molecule has 1 aliphatic rings. The first-order chi connectivity index (χ1) is 18.1. The summed E-state index contributed by atoms with van der Waals surface area (Å²) in [5.74, 6) is -0.291. The van der Waals surface area contributed by atoms with E-state index in [1.54, 1.807) is 24.3 Å². The van der Waals surface area contributed by atoms with Crippen LogP contribution in [0, 0.1) is 5.92 Å². The first kappa shape index (κ1) is 25.8. The molecule has 2 amide bonds. The van der Waals surface area contributed by atoms with Gasteiger partial charge in [-0.05, 0) is 48.1 Å². The number of hydrogen-bond acceptors (Lipinski definition) is 3. The van der Waals surface area contributed by atoms with E-state index in [-0.39, 0.29) is 23.8 Å². The molecule has 0 saturated carbocycles. The molecule has 186 valence electrons. The Labute approximate surface area is 218 Å². The van der Waals surface area contributed by atoms with Gasteiger partial charge >= 0.3 is 0 Å². The minimum absolute atomic E-state index is 0.0349. The van der Waals surface area contributed by atoms with Gasteiger partial charge in [0.25, 0.3) is 5.91 Å². The number of carbonyl (C=O) groups is 3. The summed E-state index contributed by atoms with van der Waals surface area (Å²) in [6.45, 7) is 2.02. The van der Waals surface area contributed by atoms with E-state index in [1.165, 1.54) is 16.0 Å². The third-order valence-corrected chi connectivity index (χ3v) is 6.71. The minimum atomic E-state index is -0.183. The zero-order chi connectivity index (χ0) is 26.0. The molecule has 0 aliphatic carbocycles. The molecule has 1 unspecified atom stereocenters. The Morgan fingerprint density at radius 1 is 0.784 bits per heavy atom. The van der Waals surface area contributed by atoms with Crippen molar-refractivity contribution < 1.29 is 14.4 Å². The molecule has 1 saturated heterocycles. The monoisotopic (exact) mass is 489 g/mol. The number of amides is 2. The van der Waals surface area contributed by atoms with E-state index in [0.717, 1.165) is 30.3 Å². The van der Waals surface area contributed by atoms with Crippen LogP contribution in [-0.2, 0) is 11.2 Å². The SMILES string of the molecule is CCC1C[C@@H](Cc2ccc(-c3ccccc3)cc2)N(C(=O)c2ccccc2)C1=O.O=Cc1ccccc1. The summed E-state index contributed by atoms with van der Waals surface area (Å²) >= 11 is 0. The molecule has 0 aromatic heterocycles. The summed E-state index contributed by atoms with van der Waals surface area (Å²) < 4.78 is 0. The second-order valence-corrected chi connectivity index (χ2v) is 9.17. The molecule has 37 heavy (non-hydrogen) atoms. The predicted octanol–water partition coefficient (Wildman–Crippen LogP) is 6.86. The second-order valence-electron chi connectivity index (χ2n) is 9.17. The normalized spacial score (nSPS) is 16.6. The highest BCUT2D eigenvalue weighted by Crippen LogP contribution is 2.31. The summed E-state index contributed by atoms with van der Waals surface area (Å²) in [6, 6.07) is 36.8. The first-order valence-electron chi connectivity index (χ1n) is 12.7. The van der Waals surface area contributed by atoms with E-state index in [0.29, 0.717) is 12.0 Å². The Balaban J connectivity index is 0.000000342. The van der Waals surface area contributed by atoms with E-state index >= 15 is 0 Å². The lowest BCUT2D eigenvalue weighted by molar-refractivity contribution is -0.129. The lowest BCUT2D eigenvalue weighted by Gasteiger charge is -2.23. The number of hydrogen-bond donors (Lipinski definition) is 0. The molecule has 5 rings (SSSR count). The Bertz CT molecular complexity index is 1300. The van der Waals surface area contributed by atoms with Crippen molar-refractivity contribution in [2.75, 3.05) is 0 Å². The number of likely N-dealkylation sites (tertiary alicyclic amines) is 1. The van der Waals surface area contributed by atoms with Crippen LogP contribution in [0.15, 0.2) is 115 Å². The summed E-state index contributed by atoms with van der Waals surface area (Å²) in [5.41, 5.74) is 4.79. The van der Waals surface area contributed by atoms with E-state index in [9.17, 15) is 14.4 Å². The maximum absolute atomic E-state index is 13.1. The van der Waals surface area contributed by atoms with Crippen LogP contribution >= 0.6 is 0 Å². The Morgan fingerprint density at radius 2 is 1.32 bits per heavy atom. The molecule has 4 aromatic rings. The van der Waals surface area contributed by atoms with Crippen LogP contribution in [0.5, 0.6) is 0 Å². The fourth-order valence-electron chi connectivity index (χ4n) is 4.68. The standard InChI is InChI=1S/C26H25NO2.C7H6O/c1-2-20-18-24(27(25(20)28)26(29)23-11-7-4-8-12-23)17-19-13-15-22(16-14-19)21-9-5-3-6-10-21;8-6-7-4-2-1-3-5-7/h3-16,20,24H,2,17-18H2,1H3;1-6H/t20?,24-;/m1./s1. The molecular weight excluding hydrogens is 458 g/mol.